The topological polar surface area (TPSA) is 66.0 Å². The van der Waals surface area contributed by atoms with Crippen molar-refractivity contribution in [3.63, 3.8) is 0 Å². The summed E-state index contributed by atoms with van der Waals surface area (Å²) in [7, 11) is 0. The lowest BCUT2D eigenvalue weighted by molar-refractivity contribution is 0.325. The normalized spacial score (nSPS) is 19.0. The Morgan fingerprint density at radius 1 is 1.37 bits per heavy atom. The van der Waals surface area contributed by atoms with Crippen molar-refractivity contribution in [2.45, 2.75) is 40.0 Å². The van der Waals surface area contributed by atoms with Crippen LogP contribution in [-0.4, -0.2) is 23.9 Å². The molecule has 0 aromatic carbocycles. The monoisotopic (exact) mass is 260 g/mol. The highest BCUT2D eigenvalue weighted by Crippen LogP contribution is 2.32. The molecule has 0 saturated carbocycles. The fraction of sp³-hybridized carbons (Fsp3) is 0.600. The lowest BCUT2D eigenvalue weighted by Gasteiger charge is -2.26. The summed E-state index contributed by atoms with van der Waals surface area (Å²) < 4.78 is 0. The predicted octanol–water partition coefficient (Wildman–Crippen LogP) is 2.69. The van der Waals surface area contributed by atoms with Gasteiger partial charge in [-0.25, -0.2) is 4.98 Å². The van der Waals surface area contributed by atoms with Gasteiger partial charge in [-0.15, -0.1) is 0 Å². The van der Waals surface area contributed by atoms with Crippen molar-refractivity contribution in [2.75, 3.05) is 18.0 Å². The minimum absolute atomic E-state index is 0.115. The fourth-order valence-electron chi connectivity index (χ4n) is 2.75. The highest BCUT2D eigenvalue weighted by Gasteiger charge is 2.25. The number of nitrogens with zero attached hydrogens (tertiary/aromatic N) is 2. The van der Waals surface area contributed by atoms with E-state index < -0.39 is 0 Å². The van der Waals surface area contributed by atoms with E-state index >= 15 is 0 Å². The number of rotatable bonds is 2. The van der Waals surface area contributed by atoms with Crippen LogP contribution in [0.2, 0.25) is 0 Å². The second-order valence-corrected chi connectivity index (χ2v) is 6.24. The molecule has 0 amide bonds. The first-order valence-corrected chi connectivity index (χ1v) is 6.96. The molecular weight excluding hydrogens is 236 g/mol. The molecule has 1 aliphatic heterocycles. The van der Waals surface area contributed by atoms with E-state index in [-0.39, 0.29) is 5.84 Å². The van der Waals surface area contributed by atoms with E-state index in [0.29, 0.717) is 5.41 Å². The molecule has 1 fully saturated rings. The van der Waals surface area contributed by atoms with Gasteiger partial charge in [0.05, 0.1) is 5.56 Å². The fourth-order valence-corrected chi connectivity index (χ4v) is 2.75. The number of nitrogens with two attached hydrogens (primary N) is 1. The lowest BCUT2D eigenvalue weighted by atomic mass is 9.85. The molecule has 3 N–H and O–H groups in total. The minimum Gasteiger partial charge on any atom is -0.384 e. The SMILES string of the molecule is Cc1ccnc(N2CCCC(C)(C)CC2)c1C(=N)N. The second kappa shape index (κ2) is 5.19. The van der Waals surface area contributed by atoms with Gasteiger partial charge in [0.2, 0.25) is 0 Å². The Balaban J connectivity index is 2.32. The molecule has 1 saturated heterocycles. The van der Waals surface area contributed by atoms with Crippen molar-refractivity contribution in [3.8, 4) is 0 Å². The molecule has 0 bridgehead atoms. The number of aryl methyl sites for hydroxylation is 1. The Bertz CT molecular complexity index is 479. The van der Waals surface area contributed by atoms with Gasteiger partial charge in [0.15, 0.2) is 0 Å². The van der Waals surface area contributed by atoms with Gasteiger partial charge < -0.3 is 10.6 Å². The third-order valence-electron chi connectivity index (χ3n) is 4.05. The molecule has 0 atom stereocenters. The summed E-state index contributed by atoms with van der Waals surface area (Å²) in [6.45, 7) is 8.63. The Morgan fingerprint density at radius 3 is 2.79 bits per heavy atom. The molecular formula is C15H24N4. The minimum atomic E-state index is 0.115. The number of nitrogen functional groups attached to an aromatic ring is 1. The van der Waals surface area contributed by atoms with E-state index in [1.807, 2.05) is 19.2 Å². The van der Waals surface area contributed by atoms with Gasteiger partial charge in [0.1, 0.15) is 11.7 Å². The maximum atomic E-state index is 7.78. The molecule has 1 aromatic rings. The van der Waals surface area contributed by atoms with Crippen molar-refractivity contribution in [1.82, 2.24) is 4.98 Å². The molecule has 0 radical (unpaired) electrons. The van der Waals surface area contributed by atoms with E-state index in [1.54, 1.807) is 0 Å². The third-order valence-corrected chi connectivity index (χ3v) is 4.05. The van der Waals surface area contributed by atoms with Crippen LogP contribution in [0.1, 0.15) is 44.2 Å². The van der Waals surface area contributed by atoms with E-state index in [4.69, 9.17) is 11.1 Å². The van der Waals surface area contributed by atoms with Crippen LogP contribution in [0.4, 0.5) is 5.82 Å². The number of anilines is 1. The molecule has 104 valence electrons. The second-order valence-electron chi connectivity index (χ2n) is 6.24. The first-order valence-electron chi connectivity index (χ1n) is 6.96. The van der Waals surface area contributed by atoms with Gasteiger partial charge in [-0.2, -0.15) is 0 Å². The van der Waals surface area contributed by atoms with E-state index in [9.17, 15) is 0 Å². The number of hydrogen-bond acceptors (Lipinski definition) is 3. The molecule has 1 aromatic heterocycles. The zero-order valence-corrected chi connectivity index (χ0v) is 12.2. The lowest BCUT2D eigenvalue weighted by Crippen LogP contribution is -2.29. The molecule has 4 heteroatoms. The van der Waals surface area contributed by atoms with Gasteiger partial charge in [0.25, 0.3) is 0 Å². The number of pyridine rings is 1. The van der Waals surface area contributed by atoms with Gasteiger partial charge in [0, 0.05) is 19.3 Å². The highest BCUT2D eigenvalue weighted by molar-refractivity contribution is 6.01. The van der Waals surface area contributed by atoms with Gasteiger partial charge in [-0.3, -0.25) is 5.41 Å². The van der Waals surface area contributed by atoms with Gasteiger partial charge >= 0.3 is 0 Å². The number of hydrogen-bond donors (Lipinski definition) is 2. The van der Waals surface area contributed by atoms with Crippen LogP contribution in [0.3, 0.4) is 0 Å². The summed E-state index contributed by atoms with van der Waals surface area (Å²) in [5.41, 5.74) is 7.95. The summed E-state index contributed by atoms with van der Waals surface area (Å²) in [5.74, 6) is 0.995. The van der Waals surface area contributed by atoms with Crippen molar-refractivity contribution < 1.29 is 0 Å². The van der Waals surface area contributed by atoms with Crippen molar-refractivity contribution in [1.29, 1.82) is 5.41 Å². The van der Waals surface area contributed by atoms with E-state index in [0.717, 1.165) is 36.5 Å². The first-order chi connectivity index (χ1) is 8.91. The maximum Gasteiger partial charge on any atom is 0.139 e. The molecule has 2 rings (SSSR count). The zero-order valence-electron chi connectivity index (χ0n) is 12.2. The van der Waals surface area contributed by atoms with Crippen molar-refractivity contribution in [2.24, 2.45) is 11.1 Å². The van der Waals surface area contributed by atoms with E-state index in [2.05, 4.69) is 23.7 Å². The predicted molar refractivity (Wildman–Crippen MR) is 79.8 cm³/mol. The quantitative estimate of drug-likeness (QED) is 0.634. The summed E-state index contributed by atoms with van der Waals surface area (Å²) >= 11 is 0. The maximum absolute atomic E-state index is 7.78. The van der Waals surface area contributed by atoms with Crippen LogP contribution >= 0.6 is 0 Å². The molecule has 19 heavy (non-hydrogen) atoms. The summed E-state index contributed by atoms with van der Waals surface area (Å²) in [4.78, 5) is 6.77. The average molecular weight is 260 g/mol. The van der Waals surface area contributed by atoms with Crippen LogP contribution in [0.5, 0.6) is 0 Å². The molecule has 1 aliphatic rings. The molecule has 0 spiro atoms. The van der Waals surface area contributed by atoms with Crippen LogP contribution in [0.15, 0.2) is 12.3 Å². The van der Waals surface area contributed by atoms with Gasteiger partial charge in [-0.1, -0.05) is 13.8 Å². The summed E-state index contributed by atoms with van der Waals surface area (Å²) in [6.07, 6.45) is 5.37. The summed E-state index contributed by atoms with van der Waals surface area (Å²) in [6, 6.07) is 1.92. The smallest absolute Gasteiger partial charge is 0.139 e. The van der Waals surface area contributed by atoms with Crippen molar-refractivity contribution >= 4 is 11.7 Å². The Hall–Kier alpha value is -1.58. The number of aromatic nitrogens is 1. The van der Waals surface area contributed by atoms with E-state index in [1.165, 1.54) is 12.8 Å². The first kappa shape index (κ1) is 13.8. The molecule has 2 heterocycles. The van der Waals surface area contributed by atoms with Crippen molar-refractivity contribution in [3.05, 3.63) is 23.4 Å². The Kier molecular flexibility index (Phi) is 3.78. The standard InChI is InChI=1S/C15H24N4/c1-11-5-8-18-14(12(11)13(16)17)19-9-4-6-15(2,3)7-10-19/h5,8H,4,6-7,9-10H2,1-3H3,(H3,16,17). The molecule has 4 nitrogen and oxygen atoms in total. The van der Waals surface area contributed by atoms with Gasteiger partial charge in [-0.05, 0) is 43.2 Å². The average Bonchev–Trinajstić information content (AvgIpc) is 2.49. The highest BCUT2D eigenvalue weighted by atomic mass is 15.2. The number of amidine groups is 1. The zero-order chi connectivity index (χ0) is 14.0. The van der Waals surface area contributed by atoms with Crippen LogP contribution in [0, 0.1) is 17.7 Å². The van der Waals surface area contributed by atoms with Crippen LogP contribution < -0.4 is 10.6 Å². The molecule has 0 unspecified atom stereocenters. The largest absolute Gasteiger partial charge is 0.384 e. The van der Waals surface area contributed by atoms with Crippen LogP contribution in [0.25, 0.3) is 0 Å². The molecule has 0 aliphatic carbocycles. The Labute approximate surface area is 115 Å². The Morgan fingerprint density at radius 2 is 2.11 bits per heavy atom. The number of nitrogens with one attached hydrogen (secondary N) is 1. The third kappa shape index (κ3) is 3.06. The summed E-state index contributed by atoms with van der Waals surface area (Å²) in [5, 5.41) is 7.78. The van der Waals surface area contributed by atoms with Crippen LogP contribution in [-0.2, 0) is 0 Å².